The van der Waals surface area contributed by atoms with Gasteiger partial charge in [0.15, 0.2) is 5.96 Å². The summed E-state index contributed by atoms with van der Waals surface area (Å²) in [4.78, 5) is 4.40. The first-order valence-electron chi connectivity index (χ1n) is 9.18. The number of aliphatic hydroxyl groups is 1. The van der Waals surface area contributed by atoms with Gasteiger partial charge in [-0.2, -0.15) is 13.2 Å². The molecule has 2 rings (SSSR count). The SMILES string of the molecule is CCNC(=NCC(C)(O)c1ccccc1)NCC#Cc1ccc(C(F)(F)F)cc1.I. The molecule has 0 aliphatic heterocycles. The highest BCUT2D eigenvalue weighted by Gasteiger charge is 2.29. The minimum atomic E-state index is -4.36. The Hall–Kier alpha value is -2.25. The van der Waals surface area contributed by atoms with E-state index in [1.165, 1.54) is 12.1 Å². The van der Waals surface area contributed by atoms with Crippen molar-refractivity contribution >= 4 is 29.9 Å². The lowest BCUT2D eigenvalue weighted by atomic mass is 9.96. The van der Waals surface area contributed by atoms with Crippen LogP contribution in [0.2, 0.25) is 0 Å². The molecule has 0 saturated carbocycles. The van der Waals surface area contributed by atoms with Gasteiger partial charge in [0.25, 0.3) is 0 Å². The molecule has 0 heterocycles. The standard InChI is InChI=1S/C22H24F3N3O.HI/c1-3-26-20(28-16-21(2,29)18-9-5-4-6-10-18)27-15-7-8-17-11-13-19(14-12-17)22(23,24)25;/h4-6,9-14,29H,3,15-16H2,1-2H3,(H2,26,27,28);1H. The van der Waals surface area contributed by atoms with Crippen LogP contribution in [0.15, 0.2) is 59.6 Å². The molecule has 0 aromatic heterocycles. The Morgan fingerprint density at radius 3 is 2.20 bits per heavy atom. The van der Waals surface area contributed by atoms with Crippen molar-refractivity contribution < 1.29 is 18.3 Å². The van der Waals surface area contributed by atoms with Gasteiger partial charge in [-0.05, 0) is 43.7 Å². The van der Waals surface area contributed by atoms with Crippen LogP contribution in [0, 0.1) is 11.8 Å². The number of hydrogen-bond donors (Lipinski definition) is 3. The second-order valence-corrected chi connectivity index (χ2v) is 6.57. The summed E-state index contributed by atoms with van der Waals surface area (Å²) < 4.78 is 37.7. The van der Waals surface area contributed by atoms with E-state index in [2.05, 4.69) is 27.5 Å². The summed E-state index contributed by atoms with van der Waals surface area (Å²) in [5.41, 5.74) is -0.557. The molecule has 0 bridgehead atoms. The molecule has 0 aliphatic rings. The molecule has 3 N–H and O–H groups in total. The normalized spacial score (nSPS) is 13.3. The van der Waals surface area contributed by atoms with Crippen molar-refractivity contribution in [3.8, 4) is 11.8 Å². The zero-order chi connectivity index (χ0) is 21.3. The molecule has 0 fully saturated rings. The predicted octanol–water partition coefficient (Wildman–Crippen LogP) is 4.14. The van der Waals surface area contributed by atoms with Gasteiger partial charge in [-0.25, -0.2) is 4.99 Å². The number of benzene rings is 2. The lowest BCUT2D eigenvalue weighted by molar-refractivity contribution is -0.137. The summed E-state index contributed by atoms with van der Waals surface area (Å²) in [7, 11) is 0. The average molecular weight is 531 g/mol. The monoisotopic (exact) mass is 531 g/mol. The summed E-state index contributed by atoms with van der Waals surface area (Å²) in [6, 6.07) is 14.0. The Labute approximate surface area is 192 Å². The minimum Gasteiger partial charge on any atom is -0.384 e. The molecule has 162 valence electrons. The third kappa shape index (κ3) is 8.24. The Bertz CT molecular complexity index is 870. The molecule has 4 nitrogen and oxygen atoms in total. The third-order valence-corrected chi connectivity index (χ3v) is 4.07. The van der Waals surface area contributed by atoms with E-state index in [1.54, 1.807) is 6.92 Å². The largest absolute Gasteiger partial charge is 0.416 e. The van der Waals surface area contributed by atoms with Crippen molar-refractivity contribution in [3.05, 3.63) is 71.3 Å². The summed E-state index contributed by atoms with van der Waals surface area (Å²) >= 11 is 0. The molecule has 2 aromatic carbocycles. The van der Waals surface area contributed by atoms with E-state index in [4.69, 9.17) is 0 Å². The molecule has 0 aliphatic carbocycles. The molecule has 0 radical (unpaired) electrons. The highest BCUT2D eigenvalue weighted by molar-refractivity contribution is 14.0. The Morgan fingerprint density at radius 1 is 1.00 bits per heavy atom. The van der Waals surface area contributed by atoms with Crippen molar-refractivity contribution in [2.24, 2.45) is 4.99 Å². The summed E-state index contributed by atoms with van der Waals surface area (Å²) in [6.07, 6.45) is -4.36. The Kier molecular flexibility index (Phi) is 10.2. The topological polar surface area (TPSA) is 56.7 Å². The highest BCUT2D eigenvalue weighted by Crippen LogP contribution is 2.28. The van der Waals surface area contributed by atoms with Crippen molar-refractivity contribution in [1.82, 2.24) is 10.6 Å². The van der Waals surface area contributed by atoms with E-state index in [0.717, 1.165) is 17.7 Å². The number of guanidine groups is 1. The molecule has 1 atom stereocenters. The van der Waals surface area contributed by atoms with Crippen molar-refractivity contribution in [2.45, 2.75) is 25.6 Å². The van der Waals surface area contributed by atoms with Gasteiger partial charge < -0.3 is 15.7 Å². The van der Waals surface area contributed by atoms with Gasteiger partial charge >= 0.3 is 6.18 Å². The maximum Gasteiger partial charge on any atom is 0.416 e. The first kappa shape index (κ1) is 25.8. The van der Waals surface area contributed by atoms with Gasteiger partial charge in [0.1, 0.15) is 5.60 Å². The number of halogens is 4. The second kappa shape index (κ2) is 11.8. The van der Waals surface area contributed by atoms with Gasteiger partial charge in [-0.3, -0.25) is 0 Å². The third-order valence-electron chi connectivity index (χ3n) is 4.07. The smallest absolute Gasteiger partial charge is 0.384 e. The molecule has 8 heteroatoms. The van der Waals surface area contributed by atoms with Crippen LogP contribution < -0.4 is 10.6 Å². The number of alkyl halides is 3. The predicted molar refractivity (Wildman–Crippen MR) is 124 cm³/mol. The van der Waals surface area contributed by atoms with Crippen molar-refractivity contribution in [3.63, 3.8) is 0 Å². The fraction of sp³-hybridized carbons (Fsp3) is 0.318. The Balaban J connectivity index is 0.00000450. The minimum absolute atomic E-state index is 0. The summed E-state index contributed by atoms with van der Waals surface area (Å²) in [6.45, 7) is 4.64. The van der Waals surface area contributed by atoms with Crippen LogP contribution in [0.25, 0.3) is 0 Å². The van der Waals surface area contributed by atoms with E-state index >= 15 is 0 Å². The fourth-order valence-electron chi connectivity index (χ4n) is 2.48. The van der Waals surface area contributed by atoms with Gasteiger partial charge in [0.2, 0.25) is 0 Å². The van der Waals surface area contributed by atoms with Crippen molar-refractivity contribution in [2.75, 3.05) is 19.6 Å². The second-order valence-electron chi connectivity index (χ2n) is 6.57. The number of rotatable bonds is 5. The molecule has 0 spiro atoms. The van der Waals surface area contributed by atoms with Crippen molar-refractivity contribution in [1.29, 1.82) is 0 Å². The quantitative estimate of drug-likeness (QED) is 0.236. The molecular weight excluding hydrogens is 506 g/mol. The van der Waals surface area contributed by atoms with E-state index < -0.39 is 17.3 Å². The first-order valence-corrected chi connectivity index (χ1v) is 9.18. The van der Waals surface area contributed by atoms with Crippen LogP contribution in [-0.2, 0) is 11.8 Å². The zero-order valence-corrected chi connectivity index (χ0v) is 19.1. The van der Waals surface area contributed by atoms with E-state index in [9.17, 15) is 18.3 Å². The lowest BCUT2D eigenvalue weighted by Gasteiger charge is -2.22. The van der Waals surface area contributed by atoms with Gasteiger partial charge in [0.05, 0.1) is 18.7 Å². The van der Waals surface area contributed by atoms with Crippen LogP contribution in [0.4, 0.5) is 13.2 Å². The van der Waals surface area contributed by atoms with E-state index in [-0.39, 0.29) is 37.1 Å². The number of hydrogen-bond acceptors (Lipinski definition) is 2. The number of aliphatic imine (C=N–C) groups is 1. The van der Waals surface area contributed by atoms with Crippen LogP contribution in [-0.4, -0.2) is 30.7 Å². The Morgan fingerprint density at radius 2 is 1.63 bits per heavy atom. The van der Waals surface area contributed by atoms with Crippen LogP contribution >= 0.6 is 24.0 Å². The number of nitrogens with zero attached hydrogens (tertiary/aromatic N) is 1. The van der Waals surface area contributed by atoms with Crippen LogP contribution in [0.1, 0.15) is 30.5 Å². The highest BCUT2D eigenvalue weighted by atomic mass is 127. The molecule has 1 unspecified atom stereocenters. The zero-order valence-electron chi connectivity index (χ0n) is 16.8. The molecular formula is C22H25F3IN3O. The molecule has 2 aromatic rings. The van der Waals surface area contributed by atoms with Crippen LogP contribution in [0.3, 0.4) is 0 Å². The maximum absolute atomic E-state index is 12.6. The number of nitrogens with one attached hydrogen (secondary N) is 2. The molecule has 0 amide bonds. The molecule has 0 saturated heterocycles. The molecule has 30 heavy (non-hydrogen) atoms. The summed E-state index contributed by atoms with van der Waals surface area (Å²) in [5, 5.41) is 16.7. The average Bonchev–Trinajstić information content (AvgIpc) is 2.69. The lowest BCUT2D eigenvalue weighted by Crippen LogP contribution is -2.39. The van der Waals surface area contributed by atoms with E-state index in [0.29, 0.717) is 18.1 Å². The van der Waals surface area contributed by atoms with E-state index in [1.807, 2.05) is 37.3 Å². The van der Waals surface area contributed by atoms with Gasteiger partial charge in [-0.15, -0.1) is 24.0 Å². The maximum atomic E-state index is 12.6. The first-order chi connectivity index (χ1) is 13.7. The summed E-state index contributed by atoms with van der Waals surface area (Å²) in [5.74, 6) is 6.15. The van der Waals surface area contributed by atoms with Gasteiger partial charge in [0, 0.05) is 12.1 Å². The fourth-order valence-corrected chi connectivity index (χ4v) is 2.48. The van der Waals surface area contributed by atoms with Crippen LogP contribution in [0.5, 0.6) is 0 Å². The van der Waals surface area contributed by atoms with Gasteiger partial charge in [-0.1, -0.05) is 42.2 Å².